The third-order valence-electron chi connectivity index (χ3n) is 6.07. The Morgan fingerprint density at radius 1 is 1.03 bits per heavy atom. The number of carbonyl (C=O) groups excluding carboxylic acids is 1. The molecule has 2 aliphatic rings. The molecule has 1 aliphatic heterocycles. The van der Waals surface area contributed by atoms with Gasteiger partial charge >= 0.3 is 0 Å². The van der Waals surface area contributed by atoms with Crippen LogP contribution in [0.2, 0.25) is 5.02 Å². The van der Waals surface area contributed by atoms with Crippen LogP contribution in [-0.4, -0.2) is 30.3 Å². The summed E-state index contributed by atoms with van der Waals surface area (Å²) in [6.45, 7) is 0. The first-order chi connectivity index (χ1) is 16.4. The van der Waals surface area contributed by atoms with Crippen LogP contribution in [0.4, 0.5) is 17.3 Å². The van der Waals surface area contributed by atoms with Crippen molar-refractivity contribution in [3.05, 3.63) is 59.2 Å². The van der Waals surface area contributed by atoms with Gasteiger partial charge in [0.1, 0.15) is 0 Å². The maximum absolute atomic E-state index is 12.7. The lowest BCUT2D eigenvalue weighted by molar-refractivity contribution is -0.115. The highest BCUT2D eigenvalue weighted by atomic mass is 35.5. The Labute approximate surface area is 203 Å². The fourth-order valence-electron chi connectivity index (χ4n) is 4.38. The van der Waals surface area contributed by atoms with Crippen LogP contribution < -0.4 is 15.4 Å². The minimum atomic E-state index is -3.57. The highest BCUT2D eigenvalue weighted by molar-refractivity contribution is 7.89. The topological polar surface area (TPSA) is 113 Å². The average Bonchev–Trinajstić information content (AvgIpc) is 2.94. The van der Waals surface area contributed by atoms with Crippen LogP contribution in [0.1, 0.15) is 37.7 Å². The molecule has 8 nitrogen and oxygen atoms in total. The molecular weight excluding hydrogens is 474 g/mol. The predicted octanol–water partition coefficient (Wildman–Crippen LogP) is 4.65. The molecule has 10 heteroatoms. The van der Waals surface area contributed by atoms with Gasteiger partial charge in [0, 0.05) is 34.1 Å². The van der Waals surface area contributed by atoms with Crippen molar-refractivity contribution >= 4 is 44.9 Å². The number of amides is 1. The predicted molar refractivity (Wildman–Crippen MR) is 132 cm³/mol. The van der Waals surface area contributed by atoms with Gasteiger partial charge in [-0.1, -0.05) is 30.9 Å². The molecule has 0 saturated heterocycles. The molecule has 176 valence electrons. The van der Waals surface area contributed by atoms with Gasteiger partial charge in [-0.3, -0.25) is 4.79 Å². The number of hydrogen-bond acceptors (Lipinski definition) is 6. The molecule has 0 atom stereocenters. The zero-order valence-electron chi connectivity index (χ0n) is 18.3. The number of benzene rings is 2. The first-order valence-corrected chi connectivity index (χ1v) is 13.1. The van der Waals surface area contributed by atoms with E-state index in [1.54, 1.807) is 42.6 Å². The molecule has 0 bridgehead atoms. The molecule has 1 aliphatic carbocycles. The number of anilines is 3. The number of nitrogens with one attached hydrogen (secondary N) is 3. The highest BCUT2D eigenvalue weighted by Crippen LogP contribution is 2.35. The fraction of sp³-hybridized carbons (Fsp3) is 0.292. The molecule has 3 N–H and O–H groups in total. The van der Waals surface area contributed by atoms with Gasteiger partial charge in [0.05, 0.1) is 22.7 Å². The molecule has 0 radical (unpaired) electrons. The van der Waals surface area contributed by atoms with Gasteiger partial charge in [-0.15, -0.1) is 0 Å². The van der Waals surface area contributed by atoms with Crippen LogP contribution in [0.15, 0.2) is 53.6 Å². The van der Waals surface area contributed by atoms with Crippen LogP contribution >= 0.6 is 11.6 Å². The van der Waals surface area contributed by atoms with Crippen molar-refractivity contribution in [2.24, 2.45) is 0 Å². The monoisotopic (exact) mass is 497 g/mol. The van der Waals surface area contributed by atoms with E-state index < -0.39 is 10.0 Å². The van der Waals surface area contributed by atoms with E-state index in [-0.39, 0.29) is 23.3 Å². The second-order valence-electron chi connectivity index (χ2n) is 8.59. The van der Waals surface area contributed by atoms with Gasteiger partial charge in [0.25, 0.3) is 0 Å². The number of nitrogens with zero attached hydrogens (tertiary/aromatic N) is 2. The van der Waals surface area contributed by atoms with Gasteiger partial charge in [0.15, 0.2) is 0 Å². The lowest BCUT2D eigenvalue weighted by atomic mass is 9.96. The molecule has 0 unspecified atom stereocenters. The van der Waals surface area contributed by atoms with Gasteiger partial charge in [0.2, 0.25) is 21.9 Å². The number of rotatable bonds is 5. The van der Waals surface area contributed by atoms with Gasteiger partial charge in [-0.25, -0.2) is 23.1 Å². The van der Waals surface area contributed by atoms with Crippen molar-refractivity contribution in [3.63, 3.8) is 0 Å². The number of hydrogen-bond donors (Lipinski definition) is 3. The zero-order chi connectivity index (χ0) is 23.7. The first kappa shape index (κ1) is 22.8. The summed E-state index contributed by atoms with van der Waals surface area (Å²) in [6, 6.07) is 11.8. The molecule has 1 fully saturated rings. The van der Waals surface area contributed by atoms with Crippen LogP contribution in [0.5, 0.6) is 0 Å². The molecule has 1 saturated carbocycles. The lowest BCUT2D eigenvalue weighted by Crippen LogP contribution is -2.36. The largest absolute Gasteiger partial charge is 0.325 e. The van der Waals surface area contributed by atoms with Crippen molar-refractivity contribution in [2.75, 3.05) is 10.6 Å². The van der Waals surface area contributed by atoms with E-state index >= 15 is 0 Å². The maximum Gasteiger partial charge on any atom is 0.240 e. The second-order valence-corrected chi connectivity index (χ2v) is 10.7. The van der Waals surface area contributed by atoms with Crippen molar-refractivity contribution < 1.29 is 13.2 Å². The number of carbonyl (C=O) groups is 1. The normalized spacial score (nSPS) is 16.2. The van der Waals surface area contributed by atoms with Crippen molar-refractivity contribution in [3.8, 4) is 11.3 Å². The molecule has 5 rings (SSSR count). The summed E-state index contributed by atoms with van der Waals surface area (Å²) in [5.74, 6) is 0.176. The van der Waals surface area contributed by atoms with Crippen LogP contribution in [0.3, 0.4) is 0 Å². The van der Waals surface area contributed by atoms with Crippen LogP contribution in [0, 0.1) is 0 Å². The summed E-state index contributed by atoms with van der Waals surface area (Å²) in [5, 5.41) is 6.49. The smallest absolute Gasteiger partial charge is 0.240 e. The van der Waals surface area contributed by atoms with E-state index in [4.69, 9.17) is 11.6 Å². The van der Waals surface area contributed by atoms with Gasteiger partial charge < -0.3 is 10.6 Å². The summed E-state index contributed by atoms with van der Waals surface area (Å²) in [7, 11) is -3.57. The second kappa shape index (κ2) is 9.32. The van der Waals surface area contributed by atoms with E-state index in [2.05, 4.69) is 25.3 Å². The number of halogens is 1. The minimum absolute atomic E-state index is 0.00339. The Balaban J connectivity index is 1.37. The Bertz CT molecular complexity index is 1340. The number of sulfonamides is 1. The maximum atomic E-state index is 12.7. The van der Waals surface area contributed by atoms with E-state index in [1.165, 1.54) is 0 Å². The summed E-state index contributed by atoms with van der Waals surface area (Å²) >= 11 is 6.10. The Morgan fingerprint density at radius 3 is 2.56 bits per heavy atom. The number of aromatic nitrogens is 2. The van der Waals surface area contributed by atoms with Crippen LogP contribution in [0.25, 0.3) is 11.3 Å². The molecule has 2 aromatic carbocycles. The van der Waals surface area contributed by atoms with Gasteiger partial charge in [-0.05, 0) is 55.3 Å². The van der Waals surface area contributed by atoms with Crippen molar-refractivity contribution in [1.82, 2.24) is 14.7 Å². The van der Waals surface area contributed by atoms with E-state index in [0.29, 0.717) is 33.6 Å². The van der Waals surface area contributed by atoms with E-state index in [9.17, 15) is 13.2 Å². The summed E-state index contributed by atoms with van der Waals surface area (Å²) in [6.07, 6.45) is 6.81. The quantitative estimate of drug-likeness (QED) is 0.473. The fourth-order valence-corrected chi connectivity index (χ4v) is 5.85. The molecular formula is C24H24ClN5O3S. The summed E-state index contributed by atoms with van der Waals surface area (Å²) < 4.78 is 28.3. The van der Waals surface area contributed by atoms with E-state index in [1.807, 2.05) is 6.07 Å². The van der Waals surface area contributed by atoms with Crippen LogP contribution in [-0.2, 0) is 21.2 Å². The Kier molecular flexibility index (Phi) is 6.24. The average molecular weight is 498 g/mol. The molecule has 1 amide bonds. The Hall–Kier alpha value is -3.01. The minimum Gasteiger partial charge on any atom is -0.325 e. The van der Waals surface area contributed by atoms with Gasteiger partial charge in [-0.2, -0.15) is 0 Å². The summed E-state index contributed by atoms with van der Waals surface area (Å²) in [5.41, 5.74) is 3.35. The molecule has 1 aromatic heterocycles. The lowest BCUT2D eigenvalue weighted by Gasteiger charge is -2.22. The molecule has 3 aromatic rings. The SMILES string of the molecule is O=C1Cc2cnc(Nc3ccc(S(=O)(=O)NC4CCCCC4)cc3)nc2-c2ccc(Cl)cc2N1. The standard InChI is InChI=1S/C24H24ClN5O3S/c25-16-6-11-20-21(13-16)28-22(31)12-15-14-26-24(29-23(15)20)27-17-7-9-19(10-8-17)34(32,33)30-18-4-2-1-3-5-18/h6-11,13-14,18,30H,1-5,12H2,(H,28,31)(H,26,27,29). The zero-order valence-corrected chi connectivity index (χ0v) is 19.9. The summed E-state index contributed by atoms with van der Waals surface area (Å²) in [4.78, 5) is 21.5. The van der Waals surface area contributed by atoms with Crippen molar-refractivity contribution in [2.45, 2.75) is 49.5 Å². The molecule has 0 spiro atoms. The van der Waals surface area contributed by atoms with Crippen molar-refractivity contribution in [1.29, 1.82) is 0 Å². The highest BCUT2D eigenvalue weighted by Gasteiger charge is 2.23. The Morgan fingerprint density at radius 2 is 1.79 bits per heavy atom. The molecule has 2 heterocycles. The van der Waals surface area contributed by atoms with E-state index in [0.717, 1.165) is 37.7 Å². The third kappa shape index (κ3) is 4.91. The molecule has 34 heavy (non-hydrogen) atoms. The first-order valence-electron chi connectivity index (χ1n) is 11.2. The number of fused-ring (bicyclic) bond motifs is 3. The third-order valence-corrected chi connectivity index (χ3v) is 7.85.